The summed E-state index contributed by atoms with van der Waals surface area (Å²) < 4.78 is 17.6. The Balaban J connectivity index is 2.39. The van der Waals surface area contributed by atoms with Crippen LogP contribution in [0.25, 0.3) is 0 Å². The van der Waals surface area contributed by atoms with Crippen LogP contribution in [0.3, 0.4) is 0 Å². The van der Waals surface area contributed by atoms with Crippen LogP contribution in [0.5, 0.6) is 0 Å². The lowest BCUT2D eigenvalue weighted by atomic mass is 10.3. The number of pyridine rings is 1. The van der Waals surface area contributed by atoms with E-state index in [-0.39, 0.29) is 11.9 Å². The van der Waals surface area contributed by atoms with Crippen molar-refractivity contribution in [1.82, 2.24) is 4.98 Å². The number of aromatic nitrogens is 1. The largest absolute Gasteiger partial charge is 0.366 e. The van der Waals surface area contributed by atoms with Gasteiger partial charge in [-0.3, -0.25) is 4.98 Å². The maximum atomic E-state index is 12.7. The molecule has 1 aliphatic rings. The summed E-state index contributed by atoms with van der Waals surface area (Å²) in [7, 11) is 0. The van der Waals surface area contributed by atoms with E-state index >= 15 is 0 Å². The molecule has 0 aliphatic carbocycles. The summed E-state index contributed by atoms with van der Waals surface area (Å²) in [6.45, 7) is 0.605. The van der Waals surface area contributed by atoms with Crippen molar-refractivity contribution in [3.8, 4) is 0 Å². The van der Waals surface area contributed by atoms with Crippen molar-refractivity contribution in [2.75, 3.05) is 6.61 Å². The molecule has 0 bridgehead atoms. The number of hydrogen-bond donors (Lipinski definition) is 0. The molecule has 0 saturated carbocycles. The fraction of sp³-hybridized carbons (Fsp3) is 0.286. The second-order valence-electron chi connectivity index (χ2n) is 2.19. The highest BCUT2D eigenvalue weighted by molar-refractivity contribution is 5.12. The SMILES string of the molecule is Fc1cccnc1C1CO1. The molecule has 52 valence electrons. The molecule has 0 aromatic carbocycles. The second kappa shape index (κ2) is 2.02. The van der Waals surface area contributed by atoms with E-state index in [2.05, 4.69) is 4.98 Å². The van der Waals surface area contributed by atoms with Crippen molar-refractivity contribution in [2.24, 2.45) is 0 Å². The van der Waals surface area contributed by atoms with Crippen molar-refractivity contribution >= 4 is 0 Å². The van der Waals surface area contributed by atoms with Gasteiger partial charge in [0.05, 0.1) is 6.61 Å². The minimum Gasteiger partial charge on any atom is -0.366 e. The maximum Gasteiger partial charge on any atom is 0.147 e. The highest BCUT2D eigenvalue weighted by atomic mass is 19.1. The summed E-state index contributed by atoms with van der Waals surface area (Å²) in [4.78, 5) is 3.84. The van der Waals surface area contributed by atoms with Crippen molar-refractivity contribution in [3.05, 3.63) is 29.8 Å². The second-order valence-corrected chi connectivity index (χ2v) is 2.19. The Kier molecular flexibility index (Phi) is 1.17. The molecule has 1 aliphatic heterocycles. The summed E-state index contributed by atoms with van der Waals surface area (Å²) in [6, 6.07) is 2.96. The summed E-state index contributed by atoms with van der Waals surface area (Å²) in [5.74, 6) is -0.273. The first kappa shape index (κ1) is 5.80. The zero-order valence-corrected chi connectivity index (χ0v) is 5.25. The van der Waals surface area contributed by atoms with Gasteiger partial charge in [0.1, 0.15) is 17.6 Å². The van der Waals surface area contributed by atoms with Crippen LogP contribution in [0.15, 0.2) is 18.3 Å². The normalized spacial score (nSPS) is 22.7. The quantitative estimate of drug-likeness (QED) is 0.548. The van der Waals surface area contributed by atoms with E-state index in [1.165, 1.54) is 6.07 Å². The van der Waals surface area contributed by atoms with Gasteiger partial charge in [0, 0.05) is 6.20 Å². The molecule has 1 aromatic rings. The number of halogens is 1. The van der Waals surface area contributed by atoms with Gasteiger partial charge in [0.25, 0.3) is 0 Å². The molecule has 0 N–H and O–H groups in total. The van der Waals surface area contributed by atoms with E-state index in [9.17, 15) is 4.39 Å². The molecule has 1 saturated heterocycles. The van der Waals surface area contributed by atoms with Gasteiger partial charge in [0.2, 0.25) is 0 Å². The van der Waals surface area contributed by atoms with E-state index < -0.39 is 0 Å². The van der Waals surface area contributed by atoms with Crippen molar-refractivity contribution in [1.29, 1.82) is 0 Å². The highest BCUT2D eigenvalue weighted by Crippen LogP contribution is 2.29. The van der Waals surface area contributed by atoms with Crippen LogP contribution in [-0.4, -0.2) is 11.6 Å². The smallest absolute Gasteiger partial charge is 0.147 e. The Morgan fingerprint density at radius 3 is 3.10 bits per heavy atom. The molecule has 10 heavy (non-hydrogen) atoms. The molecular weight excluding hydrogens is 133 g/mol. The minimum atomic E-state index is -0.273. The van der Waals surface area contributed by atoms with Crippen LogP contribution in [-0.2, 0) is 4.74 Å². The average molecular weight is 139 g/mol. The first-order chi connectivity index (χ1) is 4.88. The van der Waals surface area contributed by atoms with Crippen molar-refractivity contribution in [3.63, 3.8) is 0 Å². The molecule has 1 aromatic heterocycles. The number of ether oxygens (including phenoxy) is 1. The van der Waals surface area contributed by atoms with Crippen LogP contribution < -0.4 is 0 Å². The van der Waals surface area contributed by atoms with Gasteiger partial charge in [-0.25, -0.2) is 4.39 Å². The molecule has 2 nitrogen and oxygen atoms in total. The highest BCUT2D eigenvalue weighted by Gasteiger charge is 2.28. The van der Waals surface area contributed by atoms with E-state index in [1.807, 2.05) is 0 Å². The van der Waals surface area contributed by atoms with Gasteiger partial charge in [-0.2, -0.15) is 0 Å². The lowest BCUT2D eigenvalue weighted by molar-refractivity contribution is 0.402. The van der Waals surface area contributed by atoms with Gasteiger partial charge in [-0.15, -0.1) is 0 Å². The summed E-state index contributed by atoms with van der Waals surface area (Å²) in [5, 5.41) is 0. The molecule has 0 amide bonds. The standard InChI is InChI=1S/C7H6FNO/c8-5-2-1-3-9-7(5)6-4-10-6/h1-3,6H,4H2. The van der Waals surface area contributed by atoms with Gasteiger partial charge < -0.3 is 4.74 Å². The lowest BCUT2D eigenvalue weighted by Crippen LogP contribution is -1.90. The Bertz CT molecular complexity index is 247. The van der Waals surface area contributed by atoms with E-state index in [1.54, 1.807) is 12.3 Å². The summed E-state index contributed by atoms with van der Waals surface area (Å²) >= 11 is 0. The molecule has 1 atom stereocenters. The minimum absolute atomic E-state index is 0.0822. The summed E-state index contributed by atoms with van der Waals surface area (Å²) in [6.07, 6.45) is 1.49. The third-order valence-corrected chi connectivity index (χ3v) is 1.43. The Morgan fingerprint density at radius 1 is 1.70 bits per heavy atom. The van der Waals surface area contributed by atoms with Gasteiger partial charge >= 0.3 is 0 Å². The fourth-order valence-electron chi connectivity index (χ4n) is 0.841. The molecule has 2 rings (SSSR count). The van der Waals surface area contributed by atoms with Crippen molar-refractivity contribution < 1.29 is 9.13 Å². The lowest BCUT2D eigenvalue weighted by Gasteiger charge is -1.93. The molecule has 3 heteroatoms. The molecule has 1 unspecified atom stereocenters. The first-order valence-electron chi connectivity index (χ1n) is 3.10. The van der Waals surface area contributed by atoms with Crippen molar-refractivity contribution in [2.45, 2.75) is 6.10 Å². The predicted octanol–water partition coefficient (Wildman–Crippen LogP) is 1.29. The van der Waals surface area contributed by atoms with Gasteiger partial charge in [-0.05, 0) is 12.1 Å². The Hall–Kier alpha value is -0.960. The molecule has 1 fully saturated rings. The third-order valence-electron chi connectivity index (χ3n) is 1.43. The van der Waals surface area contributed by atoms with Crippen LogP contribution in [0.2, 0.25) is 0 Å². The van der Waals surface area contributed by atoms with E-state index in [0.29, 0.717) is 12.3 Å². The fourth-order valence-corrected chi connectivity index (χ4v) is 0.841. The third kappa shape index (κ3) is 0.885. The topological polar surface area (TPSA) is 25.4 Å². The van der Waals surface area contributed by atoms with Crippen LogP contribution in [0, 0.1) is 5.82 Å². The number of epoxide rings is 1. The van der Waals surface area contributed by atoms with Gasteiger partial charge in [-0.1, -0.05) is 0 Å². The van der Waals surface area contributed by atoms with Gasteiger partial charge in [0.15, 0.2) is 0 Å². The number of nitrogens with zero attached hydrogens (tertiary/aromatic N) is 1. The van der Waals surface area contributed by atoms with E-state index in [0.717, 1.165) is 0 Å². The molecule has 0 spiro atoms. The maximum absolute atomic E-state index is 12.7. The average Bonchev–Trinajstić information content (AvgIpc) is 2.71. The predicted molar refractivity (Wildman–Crippen MR) is 32.9 cm³/mol. The Labute approximate surface area is 57.7 Å². The summed E-state index contributed by atoms with van der Waals surface area (Å²) in [5.41, 5.74) is 0.433. The monoisotopic (exact) mass is 139 g/mol. The van der Waals surface area contributed by atoms with Crippen LogP contribution in [0.1, 0.15) is 11.8 Å². The molecule has 2 heterocycles. The zero-order chi connectivity index (χ0) is 6.97. The molecular formula is C7H6FNO. The number of hydrogen-bond acceptors (Lipinski definition) is 2. The van der Waals surface area contributed by atoms with Crippen LogP contribution >= 0.6 is 0 Å². The first-order valence-corrected chi connectivity index (χ1v) is 3.10. The Morgan fingerprint density at radius 2 is 2.50 bits per heavy atom. The van der Waals surface area contributed by atoms with Crippen LogP contribution in [0.4, 0.5) is 4.39 Å². The van der Waals surface area contributed by atoms with E-state index in [4.69, 9.17) is 4.74 Å². The zero-order valence-electron chi connectivity index (χ0n) is 5.25. The number of rotatable bonds is 1. The molecule has 0 radical (unpaired) electrons.